The van der Waals surface area contributed by atoms with Crippen LogP contribution in [0, 0.1) is 10.1 Å². The monoisotopic (exact) mass is 703 g/mol. The summed E-state index contributed by atoms with van der Waals surface area (Å²) in [7, 11) is 0. The van der Waals surface area contributed by atoms with E-state index >= 15 is 0 Å². The van der Waals surface area contributed by atoms with Gasteiger partial charge in [0.1, 0.15) is 18.0 Å². The number of thioether (sulfide) groups is 1. The van der Waals surface area contributed by atoms with Crippen LogP contribution >= 0.6 is 23.4 Å². The van der Waals surface area contributed by atoms with Gasteiger partial charge in [-0.3, -0.25) is 4.79 Å². The molecule has 0 spiro atoms. The minimum Gasteiger partial charge on any atom is -0.487 e. The van der Waals surface area contributed by atoms with E-state index in [9.17, 15) is 14.9 Å². The van der Waals surface area contributed by atoms with Crippen molar-refractivity contribution in [2.24, 2.45) is 0 Å². The first-order valence-corrected chi connectivity index (χ1v) is 17.5. The lowest BCUT2D eigenvalue weighted by molar-refractivity contribution is -0.757. The van der Waals surface area contributed by atoms with E-state index < -0.39 is 10.7 Å². The van der Waals surface area contributed by atoms with Crippen LogP contribution in [0.3, 0.4) is 0 Å². The molecule has 0 aliphatic rings. The Morgan fingerprint density at radius 3 is 2.47 bits per heavy atom. The Balaban J connectivity index is 1.47. The van der Waals surface area contributed by atoms with E-state index in [0.717, 1.165) is 49.4 Å². The summed E-state index contributed by atoms with van der Waals surface area (Å²) < 4.78 is 14.5. The molecule has 2 heterocycles. The fraction of sp³-hybridized carbons (Fsp3) is 0.368. The molecule has 0 atom stereocenters. The highest BCUT2D eigenvalue weighted by molar-refractivity contribution is 8.00. The van der Waals surface area contributed by atoms with Crippen LogP contribution < -0.4 is 4.74 Å². The number of unbranched alkanes of at least 4 members (excludes halogenated alkanes) is 1. The van der Waals surface area contributed by atoms with Gasteiger partial charge in [0.05, 0.1) is 17.8 Å². The first-order chi connectivity index (χ1) is 23.3. The van der Waals surface area contributed by atoms with E-state index in [-0.39, 0.29) is 23.7 Å². The van der Waals surface area contributed by atoms with Crippen molar-refractivity contribution in [3.63, 3.8) is 0 Å². The molecule has 258 valence electrons. The molecule has 0 unspecified atom stereocenters. The normalized spacial score (nSPS) is 12.0. The second-order valence-corrected chi connectivity index (χ2v) is 15.9. The van der Waals surface area contributed by atoms with E-state index in [4.69, 9.17) is 26.1 Å². The number of rotatable bonds is 15. The smallest absolute Gasteiger partial charge is 0.306 e. The Hall–Kier alpha value is -4.28. The molecular formula is C38H42ClN3O6S. The first kappa shape index (κ1) is 36.0. The van der Waals surface area contributed by atoms with E-state index in [0.29, 0.717) is 37.4 Å². The molecule has 5 aromatic rings. The Morgan fingerprint density at radius 2 is 1.73 bits per heavy atom. The standard InChI is InChI=1S/C38H42ClN3O6S/c1-37(2,3)49-36-31-22-30(46-25-29-18-15-27-10-6-7-11-32(27)40-29)19-20-33(31)41(24-26-13-16-28(39)17-14-26)34(36)23-38(4,5)48-35(43)12-8-9-21-47-42(44)45/h6-7,10-11,13-20,22H,8-9,12,21,23-25H2,1-5H3. The third-order valence-corrected chi connectivity index (χ3v) is 9.28. The molecule has 9 nitrogen and oxygen atoms in total. The minimum atomic E-state index is -0.838. The van der Waals surface area contributed by atoms with Crippen molar-refractivity contribution in [1.29, 1.82) is 0 Å². The number of ether oxygens (including phenoxy) is 2. The van der Waals surface area contributed by atoms with Gasteiger partial charge in [-0.15, -0.1) is 21.9 Å². The van der Waals surface area contributed by atoms with Crippen LogP contribution in [0.5, 0.6) is 5.75 Å². The molecule has 11 heteroatoms. The maximum Gasteiger partial charge on any atom is 0.306 e. The van der Waals surface area contributed by atoms with Crippen molar-refractivity contribution in [2.75, 3.05) is 6.61 Å². The largest absolute Gasteiger partial charge is 0.487 e. The fourth-order valence-corrected chi connectivity index (χ4v) is 6.96. The molecule has 0 bridgehead atoms. The molecule has 49 heavy (non-hydrogen) atoms. The number of nitrogens with zero attached hydrogens (tertiary/aromatic N) is 3. The van der Waals surface area contributed by atoms with Gasteiger partial charge in [0.2, 0.25) is 0 Å². The quantitative estimate of drug-likeness (QED) is 0.0349. The van der Waals surface area contributed by atoms with Gasteiger partial charge in [-0.1, -0.05) is 68.8 Å². The summed E-state index contributed by atoms with van der Waals surface area (Å²) in [6, 6.07) is 26.1. The van der Waals surface area contributed by atoms with Crippen LogP contribution in [-0.4, -0.2) is 37.6 Å². The number of esters is 1. The average Bonchev–Trinajstić information content (AvgIpc) is 3.29. The van der Waals surface area contributed by atoms with Crippen molar-refractivity contribution in [3.05, 3.63) is 111 Å². The summed E-state index contributed by atoms with van der Waals surface area (Å²) in [6.07, 6.45) is 1.43. The van der Waals surface area contributed by atoms with Crippen LogP contribution in [0.2, 0.25) is 5.02 Å². The lowest BCUT2D eigenvalue weighted by Gasteiger charge is -2.28. The predicted molar refractivity (Wildman–Crippen MR) is 195 cm³/mol. The zero-order valence-corrected chi connectivity index (χ0v) is 30.1. The number of aromatic nitrogens is 2. The maximum absolute atomic E-state index is 12.9. The topological polar surface area (TPSA) is 106 Å². The van der Waals surface area contributed by atoms with Crippen molar-refractivity contribution in [2.45, 2.75) is 88.7 Å². The summed E-state index contributed by atoms with van der Waals surface area (Å²) in [5, 5.41) is 12.4. The number of carbonyl (C=O) groups is 1. The number of para-hydroxylation sites is 1. The van der Waals surface area contributed by atoms with Crippen LogP contribution in [0.4, 0.5) is 0 Å². The Labute approximate surface area is 296 Å². The van der Waals surface area contributed by atoms with Gasteiger partial charge in [-0.25, -0.2) is 4.98 Å². The molecule has 0 aliphatic carbocycles. The Kier molecular flexibility index (Phi) is 11.4. The number of carbonyl (C=O) groups excluding carboxylic acids is 1. The van der Waals surface area contributed by atoms with Gasteiger partial charge in [0.15, 0.2) is 0 Å². The lowest BCUT2D eigenvalue weighted by atomic mass is 10.0. The van der Waals surface area contributed by atoms with Gasteiger partial charge < -0.3 is 18.9 Å². The first-order valence-electron chi connectivity index (χ1n) is 16.3. The molecule has 0 N–H and O–H groups in total. The van der Waals surface area contributed by atoms with Gasteiger partial charge >= 0.3 is 5.97 Å². The maximum atomic E-state index is 12.9. The zero-order chi connectivity index (χ0) is 35.2. The Morgan fingerprint density at radius 1 is 0.980 bits per heavy atom. The Bertz CT molecular complexity index is 1930. The molecule has 5 rings (SSSR count). The summed E-state index contributed by atoms with van der Waals surface area (Å²) in [4.78, 5) is 33.6. The van der Waals surface area contributed by atoms with Crippen LogP contribution in [0.15, 0.2) is 83.8 Å². The highest BCUT2D eigenvalue weighted by Gasteiger charge is 2.30. The van der Waals surface area contributed by atoms with E-state index in [1.165, 1.54) is 0 Å². The van der Waals surface area contributed by atoms with Crippen LogP contribution in [0.25, 0.3) is 21.8 Å². The number of benzene rings is 3. The van der Waals surface area contributed by atoms with Gasteiger partial charge in [0.25, 0.3) is 5.09 Å². The van der Waals surface area contributed by atoms with E-state index in [1.54, 1.807) is 11.8 Å². The summed E-state index contributed by atoms with van der Waals surface area (Å²) in [5.74, 6) is 0.384. The molecular weight excluding hydrogens is 662 g/mol. The van der Waals surface area contributed by atoms with E-state index in [1.807, 2.05) is 74.5 Å². The molecule has 2 aromatic heterocycles. The van der Waals surface area contributed by atoms with Crippen LogP contribution in [-0.2, 0) is 33.9 Å². The molecule has 3 aromatic carbocycles. The number of hydrogen-bond acceptors (Lipinski definition) is 8. The second-order valence-electron chi connectivity index (χ2n) is 13.6. The number of halogens is 1. The zero-order valence-electron chi connectivity index (χ0n) is 28.5. The fourth-order valence-electron chi connectivity index (χ4n) is 5.65. The van der Waals surface area contributed by atoms with Crippen LogP contribution in [0.1, 0.15) is 70.8 Å². The third-order valence-electron chi connectivity index (χ3n) is 7.75. The highest BCUT2D eigenvalue weighted by Crippen LogP contribution is 2.44. The average molecular weight is 704 g/mol. The summed E-state index contributed by atoms with van der Waals surface area (Å²) in [6.45, 7) is 11.3. The number of hydrogen-bond donors (Lipinski definition) is 0. The highest BCUT2D eigenvalue weighted by atomic mass is 35.5. The molecule has 0 radical (unpaired) electrons. The van der Waals surface area contributed by atoms with Crippen molar-refractivity contribution in [3.8, 4) is 5.75 Å². The lowest BCUT2D eigenvalue weighted by Crippen LogP contribution is -2.32. The third kappa shape index (κ3) is 10.1. The van der Waals surface area contributed by atoms with Gasteiger partial charge in [-0.05, 0) is 74.7 Å². The molecule has 0 fully saturated rings. The SMILES string of the molecule is CC(C)(Cc1c(SC(C)(C)C)c2cc(OCc3ccc4ccccc4n3)ccc2n1Cc1ccc(Cl)cc1)OC(=O)CCCCO[N+](=O)[O-]. The molecule has 0 saturated carbocycles. The predicted octanol–water partition coefficient (Wildman–Crippen LogP) is 9.60. The van der Waals surface area contributed by atoms with Crippen molar-refractivity contribution < 1.29 is 24.2 Å². The summed E-state index contributed by atoms with van der Waals surface area (Å²) >= 11 is 8.00. The van der Waals surface area contributed by atoms with Crippen molar-refractivity contribution in [1.82, 2.24) is 9.55 Å². The minimum absolute atomic E-state index is 0.0493. The molecule has 0 aliphatic heterocycles. The number of fused-ring (bicyclic) bond motifs is 2. The van der Waals surface area contributed by atoms with Crippen molar-refractivity contribution >= 4 is 51.1 Å². The second kappa shape index (κ2) is 15.5. The van der Waals surface area contributed by atoms with Gasteiger partial charge in [0, 0.05) is 56.0 Å². The molecule has 0 saturated heterocycles. The van der Waals surface area contributed by atoms with E-state index in [2.05, 4.69) is 48.4 Å². The molecule has 0 amide bonds. The number of pyridine rings is 1. The summed E-state index contributed by atoms with van der Waals surface area (Å²) in [5.41, 5.74) is 4.12. The van der Waals surface area contributed by atoms with Gasteiger partial charge in [-0.2, -0.15) is 0 Å².